The third-order valence-corrected chi connectivity index (χ3v) is 9.05. The van der Waals surface area contributed by atoms with Crippen molar-refractivity contribution in [3.63, 3.8) is 0 Å². The van der Waals surface area contributed by atoms with Gasteiger partial charge in [-0.3, -0.25) is 0 Å². The summed E-state index contributed by atoms with van der Waals surface area (Å²) in [5, 5.41) is 7.44. The molecule has 0 radical (unpaired) electrons. The molecule has 2 heteroatoms. The van der Waals surface area contributed by atoms with E-state index in [4.69, 9.17) is 4.42 Å². The second-order valence-corrected chi connectivity index (χ2v) is 11.4. The summed E-state index contributed by atoms with van der Waals surface area (Å²) in [4.78, 5) is 0. The molecule has 0 amide bonds. The second-order valence-electron chi connectivity index (χ2n) is 11.4. The van der Waals surface area contributed by atoms with Crippen LogP contribution in [0.4, 0.5) is 0 Å². The van der Waals surface area contributed by atoms with Gasteiger partial charge in [-0.2, -0.15) is 0 Å². The Labute approximate surface area is 249 Å². The number of allylic oxidation sites excluding steroid dienone is 5. The topological polar surface area (TPSA) is 18.1 Å². The van der Waals surface area contributed by atoms with Gasteiger partial charge < -0.3 is 8.98 Å². The fourth-order valence-electron chi connectivity index (χ4n) is 7.27. The summed E-state index contributed by atoms with van der Waals surface area (Å²) in [5.41, 5.74) is 12.6. The summed E-state index contributed by atoms with van der Waals surface area (Å²) in [6.07, 6.45) is 6.27. The van der Waals surface area contributed by atoms with Gasteiger partial charge in [-0.05, 0) is 75.9 Å². The molecule has 9 rings (SSSR count). The van der Waals surface area contributed by atoms with E-state index >= 15 is 0 Å². The van der Waals surface area contributed by atoms with Crippen molar-refractivity contribution < 1.29 is 4.42 Å². The highest BCUT2D eigenvalue weighted by Crippen LogP contribution is 2.49. The molecular weight excluding hydrogens is 522 g/mol. The molecule has 2 heterocycles. The van der Waals surface area contributed by atoms with E-state index in [1.165, 1.54) is 54.8 Å². The van der Waals surface area contributed by atoms with Gasteiger partial charge in [-0.1, -0.05) is 110 Å². The van der Waals surface area contributed by atoms with Gasteiger partial charge in [0.1, 0.15) is 11.2 Å². The van der Waals surface area contributed by atoms with Crippen LogP contribution in [0.3, 0.4) is 0 Å². The maximum Gasteiger partial charge on any atom is 0.142 e. The van der Waals surface area contributed by atoms with Crippen LogP contribution in [0.2, 0.25) is 0 Å². The highest BCUT2D eigenvalue weighted by molar-refractivity contribution is 6.30. The van der Waals surface area contributed by atoms with Crippen LogP contribution in [-0.2, 0) is 0 Å². The second kappa shape index (κ2) is 8.95. The monoisotopic (exact) mass is 549 g/mol. The molecule has 0 atom stereocenters. The molecule has 0 bridgehead atoms. The third kappa shape index (κ3) is 3.29. The van der Waals surface area contributed by atoms with Gasteiger partial charge in [0.05, 0.1) is 11.0 Å². The van der Waals surface area contributed by atoms with Gasteiger partial charge in [0.2, 0.25) is 0 Å². The lowest BCUT2D eigenvalue weighted by Crippen LogP contribution is -1.96. The fourth-order valence-corrected chi connectivity index (χ4v) is 7.27. The first-order chi connectivity index (χ1) is 21.2. The van der Waals surface area contributed by atoms with Crippen molar-refractivity contribution in [2.24, 2.45) is 0 Å². The van der Waals surface area contributed by atoms with E-state index in [9.17, 15) is 0 Å². The van der Waals surface area contributed by atoms with Crippen molar-refractivity contribution >= 4 is 65.8 Å². The van der Waals surface area contributed by atoms with Crippen LogP contribution in [0.5, 0.6) is 0 Å². The van der Waals surface area contributed by atoms with E-state index in [-0.39, 0.29) is 0 Å². The first-order valence-electron chi connectivity index (χ1n) is 14.7. The quantitative estimate of drug-likeness (QED) is 0.200. The van der Waals surface area contributed by atoms with Crippen molar-refractivity contribution in [2.45, 2.75) is 6.92 Å². The van der Waals surface area contributed by atoms with Crippen molar-refractivity contribution in [3.8, 4) is 22.3 Å². The summed E-state index contributed by atoms with van der Waals surface area (Å²) < 4.78 is 8.81. The molecule has 0 aliphatic heterocycles. The number of furan rings is 1. The van der Waals surface area contributed by atoms with E-state index in [1.807, 2.05) is 18.2 Å². The number of fused-ring (bicyclic) bond motifs is 6. The summed E-state index contributed by atoms with van der Waals surface area (Å²) in [6, 6.07) is 41.4. The van der Waals surface area contributed by atoms with Gasteiger partial charge in [0.25, 0.3) is 0 Å². The lowest BCUT2D eigenvalue weighted by molar-refractivity contribution is 0.667. The van der Waals surface area contributed by atoms with E-state index in [1.54, 1.807) is 0 Å². The largest absolute Gasteiger partial charge is 0.455 e. The molecule has 8 aromatic rings. The Morgan fingerprint density at radius 1 is 0.628 bits per heavy atom. The van der Waals surface area contributed by atoms with E-state index in [0.717, 1.165) is 38.8 Å². The van der Waals surface area contributed by atoms with Crippen LogP contribution >= 0.6 is 0 Å². The molecule has 0 fully saturated rings. The minimum atomic E-state index is 0.909. The SMILES string of the molecule is C=C/C=C(\C=C(/C)c1cccc2c1oc1ccccc12)n1c2cccc3c2c2c4c(cccc4ccc21)-c1ccccc1-3. The first-order valence-corrected chi connectivity index (χ1v) is 14.7. The smallest absolute Gasteiger partial charge is 0.142 e. The van der Waals surface area contributed by atoms with Crippen LogP contribution in [0.1, 0.15) is 12.5 Å². The Hall–Kier alpha value is -5.60. The molecule has 1 aliphatic carbocycles. The predicted octanol–water partition coefficient (Wildman–Crippen LogP) is 11.6. The molecule has 0 N–H and O–H groups in total. The molecule has 0 saturated heterocycles. The lowest BCUT2D eigenvalue weighted by atomic mass is 9.93. The van der Waals surface area contributed by atoms with Crippen LogP contribution in [-0.4, -0.2) is 4.57 Å². The Morgan fingerprint density at radius 2 is 1.30 bits per heavy atom. The predicted molar refractivity (Wildman–Crippen MR) is 183 cm³/mol. The maximum absolute atomic E-state index is 6.41. The normalized spacial score (nSPS) is 13.1. The highest BCUT2D eigenvalue weighted by atomic mass is 16.3. The van der Waals surface area contributed by atoms with Gasteiger partial charge in [0.15, 0.2) is 0 Å². The van der Waals surface area contributed by atoms with Crippen LogP contribution in [0.15, 0.2) is 144 Å². The number of rotatable bonds is 4. The van der Waals surface area contributed by atoms with Crippen LogP contribution in [0, 0.1) is 0 Å². The zero-order valence-corrected chi connectivity index (χ0v) is 23.8. The third-order valence-electron chi connectivity index (χ3n) is 9.05. The average Bonchev–Trinajstić information content (AvgIpc) is 3.56. The Balaban J connectivity index is 1.36. The molecule has 0 saturated carbocycles. The van der Waals surface area contributed by atoms with E-state index in [0.29, 0.717) is 0 Å². The molecule has 0 unspecified atom stereocenters. The number of benzene rings is 6. The molecule has 2 nitrogen and oxygen atoms in total. The van der Waals surface area contributed by atoms with Gasteiger partial charge in [-0.25, -0.2) is 0 Å². The molecule has 202 valence electrons. The van der Waals surface area contributed by atoms with Crippen molar-refractivity contribution in [3.05, 3.63) is 146 Å². The van der Waals surface area contributed by atoms with Crippen molar-refractivity contribution in [1.29, 1.82) is 0 Å². The van der Waals surface area contributed by atoms with Gasteiger partial charge >= 0.3 is 0 Å². The standard InChI is InChI=1S/C41H27NO/c1-3-11-27(24-25(2)28-16-9-19-34-31-15-6-7-21-37(31)43-41(28)34)42-35-20-10-18-33-30-14-5-4-13-29(30)32-17-8-12-26-22-23-36(42)40(38(26)32)39(33)35/h3-24H,1H2,2H3/b25-24+,27-11+. The van der Waals surface area contributed by atoms with Crippen molar-refractivity contribution in [2.75, 3.05) is 0 Å². The molecule has 2 aromatic heterocycles. The van der Waals surface area contributed by atoms with Gasteiger partial charge in [0, 0.05) is 32.8 Å². The average molecular weight is 550 g/mol. The lowest BCUT2D eigenvalue weighted by Gasteiger charge is -2.14. The first kappa shape index (κ1) is 24.0. The summed E-state index contributed by atoms with van der Waals surface area (Å²) >= 11 is 0. The van der Waals surface area contributed by atoms with Crippen LogP contribution in [0.25, 0.3) is 88.0 Å². The number of aromatic nitrogens is 1. The van der Waals surface area contributed by atoms with Crippen LogP contribution < -0.4 is 0 Å². The molecule has 0 spiro atoms. The fraction of sp³-hybridized carbons (Fsp3) is 0.0244. The highest BCUT2D eigenvalue weighted by Gasteiger charge is 2.24. The van der Waals surface area contributed by atoms with E-state index < -0.39 is 0 Å². The Morgan fingerprint density at radius 3 is 2.14 bits per heavy atom. The molecular formula is C41H27NO. The summed E-state index contributed by atoms with van der Waals surface area (Å²) in [7, 11) is 0. The molecule has 43 heavy (non-hydrogen) atoms. The van der Waals surface area contributed by atoms with E-state index in [2.05, 4.69) is 133 Å². The maximum atomic E-state index is 6.41. The summed E-state index contributed by atoms with van der Waals surface area (Å²) in [5.74, 6) is 0. The molecule has 1 aliphatic rings. The minimum Gasteiger partial charge on any atom is -0.455 e. The number of hydrogen-bond donors (Lipinski definition) is 0. The Kier molecular flexibility index (Phi) is 5.00. The summed E-state index contributed by atoms with van der Waals surface area (Å²) in [6.45, 7) is 6.29. The van der Waals surface area contributed by atoms with Gasteiger partial charge in [-0.15, -0.1) is 0 Å². The zero-order chi connectivity index (χ0) is 28.7. The Bertz CT molecular complexity index is 2530. The van der Waals surface area contributed by atoms with Crippen molar-refractivity contribution in [1.82, 2.24) is 4.57 Å². The minimum absolute atomic E-state index is 0.909. The molecule has 6 aromatic carbocycles. The number of para-hydroxylation sites is 2. The number of nitrogens with zero attached hydrogens (tertiary/aromatic N) is 1. The number of hydrogen-bond acceptors (Lipinski definition) is 1. The zero-order valence-electron chi connectivity index (χ0n) is 23.8.